The molecule has 0 spiro atoms. The minimum Gasteiger partial charge on any atom is -0.442 e. The first-order valence-corrected chi connectivity index (χ1v) is 5.04. The third-order valence-electron chi connectivity index (χ3n) is 1.13. The standard InChI is InChI=1S/C8H7BrO2S/c1-2-7(9)11-8(10)6-4-3-5-12-6/h2-5,7H,1H2. The molecule has 0 N–H and O–H groups in total. The van der Waals surface area contributed by atoms with Crippen LogP contribution < -0.4 is 0 Å². The first-order chi connectivity index (χ1) is 5.74. The van der Waals surface area contributed by atoms with Gasteiger partial charge in [-0.2, -0.15) is 0 Å². The first-order valence-electron chi connectivity index (χ1n) is 3.25. The van der Waals surface area contributed by atoms with Crippen LogP contribution in [0.1, 0.15) is 9.67 Å². The number of hydrogen-bond acceptors (Lipinski definition) is 3. The predicted molar refractivity (Wildman–Crippen MR) is 52.6 cm³/mol. The minimum absolute atomic E-state index is 0.327. The van der Waals surface area contributed by atoms with Crippen molar-refractivity contribution in [3.8, 4) is 0 Å². The van der Waals surface area contributed by atoms with Crippen LogP contribution in [-0.2, 0) is 4.74 Å². The van der Waals surface area contributed by atoms with Gasteiger partial charge in [-0.25, -0.2) is 4.79 Å². The fraction of sp³-hybridized carbons (Fsp3) is 0.125. The fourth-order valence-electron chi connectivity index (χ4n) is 0.603. The van der Waals surface area contributed by atoms with Crippen LogP contribution in [0.5, 0.6) is 0 Å². The smallest absolute Gasteiger partial charge is 0.349 e. The molecule has 0 fully saturated rings. The summed E-state index contributed by atoms with van der Waals surface area (Å²) >= 11 is 4.46. The van der Waals surface area contributed by atoms with Crippen molar-refractivity contribution in [2.45, 2.75) is 5.01 Å². The lowest BCUT2D eigenvalue weighted by Crippen LogP contribution is -2.08. The first kappa shape index (κ1) is 9.48. The van der Waals surface area contributed by atoms with Crippen LogP contribution in [0, 0.1) is 0 Å². The highest BCUT2D eigenvalue weighted by atomic mass is 79.9. The van der Waals surface area contributed by atoms with E-state index in [9.17, 15) is 4.79 Å². The summed E-state index contributed by atoms with van der Waals surface area (Å²) in [5, 5.41) is 1.42. The SMILES string of the molecule is C=CC(Br)OC(=O)c1cccs1. The van der Waals surface area contributed by atoms with Crippen LogP contribution in [0.3, 0.4) is 0 Å². The summed E-state index contributed by atoms with van der Waals surface area (Å²) in [6.07, 6.45) is 1.51. The second-order valence-corrected chi connectivity index (χ2v) is 3.82. The molecule has 0 aromatic carbocycles. The van der Waals surface area contributed by atoms with E-state index in [0.717, 1.165) is 0 Å². The molecule has 2 nitrogen and oxygen atoms in total. The van der Waals surface area contributed by atoms with E-state index in [-0.39, 0.29) is 5.97 Å². The van der Waals surface area contributed by atoms with Crippen molar-refractivity contribution in [1.29, 1.82) is 0 Å². The van der Waals surface area contributed by atoms with Crippen molar-refractivity contribution in [2.75, 3.05) is 0 Å². The van der Waals surface area contributed by atoms with E-state index in [1.807, 2.05) is 5.38 Å². The van der Waals surface area contributed by atoms with Crippen molar-refractivity contribution < 1.29 is 9.53 Å². The molecule has 4 heteroatoms. The Hall–Kier alpha value is -0.610. The minimum atomic E-state index is -0.410. The van der Waals surface area contributed by atoms with E-state index in [0.29, 0.717) is 4.88 Å². The third-order valence-corrected chi connectivity index (χ3v) is 2.54. The van der Waals surface area contributed by atoms with Gasteiger partial charge in [0.1, 0.15) is 4.88 Å². The average molecular weight is 247 g/mol. The highest BCUT2D eigenvalue weighted by Crippen LogP contribution is 2.13. The lowest BCUT2D eigenvalue weighted by Gasteiger charge is -2.04. The maximum Gasteiger partial charge on any atom is 0.349 e. The molecular formula is C8H7BrO2S. The van der Waals surface area contributed by atoms with Crippen molar-refractivity contribution in [3.63, 3.8) is 0 Å². The van der Waals surface area contributed by atoms with Gasteiger partial charge in [0, 0.05) is 0 Å². The van der Waals surface area contributed by atoms with Crippen molar-refractivity contribution in [2.24, 2.45) is 0 Å². The van der Waals surface area contributed by atoms with E-state index >= 15 is 0 Å². The number of ether oxygens (including phenoxy) is 1. The van der Waals surface area contributed by atoms with Crippen molar-refractivity contribution >= 4 is 33.2 Å². The molecule has 1 heterocycles. The van der Waals surface area contributed by atoms with Crippen molar-refractivity contribution in [1.82, 2.24) is 0 Å². The zero-order valence-corrected chi connectivity index (χ0v) is 8.60. The Labute approximate surface area is 83.0 Å². The molecule has 1 unspecified atom stereocenters. The topological polar surface area (TPSA) is 26.3 Å². The Morgan fingerprint density at radius 1 is 1.83 bits per heavy atom. The van der Waals surface area contributed by atoms with E-state index in [1.54, 1.807) is 12.1 Å². The van der Waals surface area contributed by atoms with Gasteiger partial charge in [0.25, 0.3) is 0 Å². The molecule has 1 rings (SSSR count). The number of alkyl halides is 1. The summed E-state index contributed by atoms with van der Waals surface area (Å²) in [7, 11) is 0. The van der Waals surface area contributed by atoms with Gasteiger partial charge in [0.2, 0.25) is 0 Å². The number of thiophene rings is 1. The molecule has 0 aliphatic carbocycles. The molecule has 1 aromatic heterocycles. The molecule has 0 radical (unpaired) electrons. The predicted octanol–water partition coefficient (Wildman–Crippen LogP) is 2.81. The Kier molecular flexibility index (Phi) is 3.49. The number of carbonyl (C=O) groups is 1. The number of hydrogen-bond donors (Lipinski definition) is 0. The molecule has 1 aromatic rings. The van der Waals surface area contributed by atoms with Crippen LogP contribution in [0.2, 0.25) is 0 Å². The maximum absolute atomic E-state index is 11.2. The number of rotatable bonds is 3. The zero-order valence-electron chi connectivity index (χ0n) is 6.20. The molecule has 0 aliphatic heterocycles. The van der Waals surface area contributed by atoms with Crippen LogP contribution in [0.4, 0.5) is 0 Å². The molecule has 0 amide bonds. The lowest BCUT2D eigenvalue weighted by atomic mass is 10.5. The van der Waals surface area contributed by atoms with E-state index in [1.165, 1.54) is 17.4 Å². The lowest BCUT2D eigenvalue weighted by molar-refractivity contribution is 0.0525. The van der Waals surface area contributed by atoms with Crippen LogP contribution in [0.15, 0.2) is 30.2 Å². The molecule has 0 saturated heterocycles. The third kappa shape index (κ3) is 2.46. The summed E-state index contributed by atoms with van der Waals surface area (Å²) in [5.74, 6) is -0.327. The Bertz CT molecular complexity index is 269. The summed E-state index contributed by atoms with van der Waals surface area (Å²) in [4.78, 5) is 11.8. The van der Waals surface area contributed by atoms with Gasteiger partial charge in [-0.15, -0.1) is 11.3 Å². The Balaban J connectivity index is 2.55. The number of halogens is 1. The second kappa shape index (κ2) is 4.42. The quantitative estimate of drug-likeness (QED) is 0.466. The summed E-state index contributed by atoms with van der Waals surface area (Å²) < 4.78 is 4.91. The van der Waals surface area contributed by atoms with Gasteiger partial charge < -0.3 is 4.74 Å². The zero-order chi connectivity index (χ0) is 8.97. The van der Waals surface area contributed by atoms with Gasteiger partial charge in [0.15, 0.2) is 5.01 Å². The Morgan fingerprint density at radius 2 is 2.58 bits per heavy atom. The van der Waals surface area contributed by atoms with Crippen LogP contribution in [0.25, 0.3) is 0 Å². The molecule has 64 valence electrons. The molecule has 12 heavy (non-hydrogen) atoms. The number of carbonyl (C=O) groups excluding carboxylic acids is 1. The average Bonchev–Trinajstić information content (AvgIpc) is 2.56. The molecule has 0 saturated carbocycles. The van der Waals surface area contributed by atoms with Gasteiger partial charge in [-0.05, 0) is 33.5 Å². The largest absolute Gasteiger partial charge is 0.442 e. The summed E-state index contributed by atoms with van der Waals surface area (Å²) in [5.41, 5.74) is 0. The second-order valence-electron chi connectivity index (χ2n) is 1.97. The van der Waals surface area contributed by atoms with E-state index < -0.39 is 5.01 Å². The molecule has 0 bridgehead atoms. The van der Waals surface area contributed by atoms with E-state index in [4.69, 9.17) is 4.74 Å². The molecular weight excluding hydrogens is 240 g/mol. The van der Waals surface area contributed by atoms with Gasteiger partial charge >= 0.3 is 5.97 Å². The highest BCUT2D eigenvalue weighted by molar-refractivity contribution is 9.09. The molecule has 1 atom stereocenters. The highest BCUT2D eigenvalue weighted by Gasteiger charge is 2.10. The van der Waals surface area contributed by atoms with Crippen LogP contribution >= 0.6 is 27.3 Å². The van der Waals surface area contributed by atoms with Gasteiger partial charge in [0.05, 0.1) is 0 Å². The summed E-state index contributed by atoms with van der Waals surface area (Å²) in [6, 6.07) is 3.52. The van der Waals surface area contributed by atoms with E-state index in [2.05, 4.69) is 22.5 Å². The van der Waals surface area contributed by atoms with Crippen molar-refractivity contribution in [3.05, 3.63) is 35.0 Å². The van der Waals surface area contributed by atoms with Gasteiger partial charge in [-0.1, -0.05) is 12.6 Å². The fourth-order valence-corrected chi connectivity index (χ4v) is 1.38. The molecule has 0 aliphatic rings. The number of esters is 1. The normalized spacial score (nSPS) is 12.1. The van der Waals surface area contributed by atoms with Crippen LogP contribution in [-0.4, -0.2) is 11.0 Å². The monoisotopic (exact) mass is 246 g/mol. The van der Waals surface area contributed by atoms with Gasteiger partial charge in [-0.3, -0.25) is 0 Å². The summed E-state index contributed by atoms with van der Waals surface area (Å²) in [6.45, 7) is 3.47. The maximum atomic E-state index is 11.2. The Morgan fingerprint density at radius 3 is 3.08 bits per heavy atom.